The van der Waals surface area contributed by atoms with Gasteiger partial charge in [0.25, 0.3) is 10.0 Å². The van der Waals surface area contributed by atoms with E-state index in [-0.39, 0.29) is 17.1 Å². The highest BCUT2D eigenvalue weighted by Crippen LogP contribution is 2.33. The standard InChI is InChI=1S/C15H10ClF3N2O4S/c1-8-6-9(16)2-3-10(8)21-26(22,23)14-5-4-12(24-14)11-7-13(25-20-11)15(17,18)19/h2-7,21H,1H3. The molecule has 3 rings (SSSR count). The van der Waals surface area contributed by atoms with Crippen LogP contribution in [-0.2, 0) is 16.2 Å². The maximum atomic E-state index is 12.5. The number of nitrogens with zero attached hydrogens (tertiary/aromatic N) is 1. The zero-order chi connectivity index (χ0) is 19.1. The van der Waals surface area contributed by atoms with Crippen molar-refractivity contribution in [1.29, 1.82) is 0 Å². The first-order valence-corrected chi connectivity index (χ1v) is 8.85. The minimum atomic E-state index is -4.71. The van der Waals surface area contributed by atoms with Crippen LogP contribution in [0.5, 0.6) is 0 Å². The van der Waals surface area contributed by atoms with Crippen LogP contribution in [0.4, 0.5) is 18.9 Å². The Bertz CT molecular complexity index is 1060. The highest BCUT2D eigenvalue weighted by Gasteiger charge is 2.36. The summed E-state index contributed by atoms with van der Waals surface area (Å²) in [4.78, 5) is 0. The first-order valence-electron chi connectivity index (χ1n) is 6.99. The molecule has 0 unspecified atom stereocenters. The Morgan fingerprint density at radius 1 is 1.15 bits per heavy atom. The summed E-state index contributed by atoms with van der Waals surface area (Å²) in [6, 6.07) is 7.46. The Morgan fingerprint density at radius 3 is 2.50 bits per heavy atom. The van der Waals surface area contributed by atoms with Gasteiger partial charge in [-0.3, -0.25) is 4.72 Å². The van der Waals surface area contributed by atoms with E-state index in [4.69, 9.17) is 16.0 Å². The normalized spacial score (nSPS) is 12.3. The van der Waals surface area contributed by atoms with Gasteiger partial charge in [0.1, 0.15) is 5.69 Å². The second kappa shape index (κ2) is 6.36. The number of rotatable bonds is 4. The van der Waals surface area contributed by atoms with E-state index in [1.807, 2.05) is 0 Å². The fourth-order valence-electron chi connectivity index (χ4n) is 2.06. The van der Waals surface area contributed by atoms with Crippen LogP contribution in [0.3, 0.4) is 0 Å². The Morgan fingerprint density at radius 2 is 1.88 bits per heavy atom. The minimum absolute atomic E-state index is 0.183. The Labute approximate surface area is 150 Å². The second-order valence-electron chi connectivity index (χ2n) is 5.26. The average molecular weight is 407 g/mol. The molecule has 0 saturated heterocycles. The molecule has 1 N–H and O–H groups in total. The maximum absolute atomic E-state index is 12.5. The molecule has 3 aromatic rings. The molecule has 26 heavy (non-hydrogen) atoms. The van der Waals surface area contributed by atoms with Crippen LogP contribution in [0.1, 0.15) is 11.3 Å². The summed E-state index contributed by atoms with van der Waals surface area (Å²) in [7, 11) is -4.10. The van der Waals surface area contributed by atoms with Crippen molar-refractivity contribution in [2.45, 2.75) is 18.2 Å². The summed E-state index contributed by atoms with van der Waals surface area (Å²) < 4.78 is 74.0. The van der Waals surface area contributed by atoms with Gasteiger partial charge in [-0.2, -0.15) is 21.6 Å². The molecule has 0 fully saturated rings. The van der Waals surface area contributed by atoms with Crippen molar-refractivity contribution in [1.82, 2.24) is 5.16 Å². The first-order chi connectivity index (χ1) is 12.1. The molecule has 138 valence electrons. The lowest BCUT2D eigenvalue weighted by Gasteiger charge is -2.08. The maximum Gasteiger partial charge on any atom is 0.452 e. The average Bonchev–Trinajstić information content (AvgIpc) is 3.17. The Balaban J connectivity index is 1.87. The summed E-state index contributed by atoms with van der Waals surface area (Å²) in [5.41, 5.74) is 0.591. The molecule has 1 aromatic carbocycles. The fourth-order valence-corrected chi connectivity index (χ4v) is 3.36. The van der Waals surface area contributed by atoms with Crippen molar-refractivity contribution in [2.75, 3.05) is 4.72 Å². The van der Waals surface area contributed by atoms with E-state index in [1.54, 1.807) is 13.0 Å². The predicted molar refractivity (Wildman–Crippen MR) is 86.2 cm³/mol. The molecule has 0 amide bonds. The lowest BCUT2D eigenvalue weighted by molar-refractivity contribution is -0.155. The molecule has 2 aromatic heterocycles. The number of hydrogen-bond acceptors (Lipinski definition) is 5. The molecular formula is C15H10ClF3N2O4S. The van der Waals surface area contributed by atoms with Gasteiger partial charge in [0.15, 0.2) is 5.76 Å². The molecule has 0 radical (unpaired) electrons. The number of aryl methyl sites for hydroxylation is 1. The third-order valence-corrected chi connectivity index (χ3v) is 4.79. The number of sulfonamides is 1. The van der Waals surface area contributed by atoms with E-state index in [1.165, 1.54) is 18.2 Å². The zero-order valence-corrected chi connectivity index (χ0v) is 14.5. The second-order valence-corrected chi connectivity index (χ2v) is 7.31. The van der Waals surface area contributed by atoms with Gasteiger partial charge in [-0.05, 0) is 42.8 Å². The van der Waals surface area contributed by atoms with Crippen LogP contribution in [0.2, 0.25) is 5.02 Å². The molecule has 11 heteroatoms. The summed E-state index contributed by atoms with van der Waals surface area (Å²) in [6.07, 6.45) is -4.71. The predicted octanol–water partition coefficient (Wildman–Crippen LogP) is 4.72. The van der Waals surface area contributed by atoms with Gasteiger partial charge in [0, 0.05) is 11.1 Å². The van der Waals surface area contributed by atoms with Crippen LogP contribution in [0, 0.1) is 6.92 Å². The van der Waals surface area contributed by atoms with Gasteiger partial charge in [-0.1, -0.05) is 16.8 Å². The molecule has 0 spiro atoms. The van der Waals surface area contributed by atoms with Gasteiger partial charge in [-0.15, -0.1) is 0 Å². The monoisotopic (exact) mass is 406 g/mol. The van der Waals surface area contributed by atoms with Gasteiger partial charge >= 0.3 is 6.18 Å². The summed E-state index contributed by atoms with van der Waals surface area (Å²) in [5, 5.41) is 3.19. The van der Waals surface area contributed by atoms with E-state index in [0.29, 0.717) is 16.7 Å². The van der Waals surface area contributed by atoms with Crippen molar-refractivity contribution < 1.29 is 30.5 Å². The number of benzene rings is 1. The van der Waals surface area contributed by atoms with Crippen LogP contribution in [0.25, 0.3) is 11.5 Å². The fraction of sp³-hybridized carbons (Fsp3) is 0.133. The molecule has 6 nitrogen and oxygen atoms in total. The number of alkyl halides is 3. The van der Waals surface area contributed by atoms with Crippen LogP contribution in [-0.4, -0.2) is 13.6 Å². The number of halogens is 4. The Hall–Kier alpha value is -2.46. The van der Waals surface area contributed by atoms with E-state index in [0.717, 1.165) is 6.07 Å². The molecule has 0 bridgehead atoms. The van der Waals surface area contributed by atoms with Crippen LogP contribution in [0.15, 0.2) is 50.4 Å². The largest absolute Gasteiger partial charge is 0.452 e. The molecule has 0 atom stereocenters. The Kier molecular flexibility index (Phi) is 4.49. The summed E-state index contributed by atoms with van der Waals surface area (Å²) in [5.74, 6) is -1.50. The number of furan rings is 1. The van der Waals surface area contributed by atoms with Crippen molar-refractivity contribution in [3.8, 4) is 11.5 Å². The third kappa shape index (κ3) is 3.70. The number of nitrogens with one attached hydrogen (secondary N) is 1. The van der Waals surface area contributed by atoms with Crippen molar-refractivity contribution in [2.24, 2.45) is 0 Å². The van der Waals surface area contributed by atoms with Crippen LogP contribution >= 0.6 is 11.6 Å². The van der Waals surface area contributed by atoms with Crippen molar-refractivity contribution >= 4 is 27.3 Å². The molecule has 0 aliphatic heterocycles. The van der Waals surface area contributed by atoms with Gasteiger partial charge in [-0.25, -0.2) is 0 Å². The lowest BCUT2D eigenvalue weighted by Crippen LogP contribution is -2.12. The number of hydrogen-bond donors (Lipinski definition) is 1. The summed E-state index contributed by atoms with van der Waals surface area (Å²) in [6.45, 7) is 1.66. The third-order valence-electron chi connectivity index (χ3n) is 3.32. The molecule has 2 heterocycles. The SMILES string of the molecule is Cc1cc(Cl)ccc1NS(=O)(=O)c1ccc(-c2cc(C(F)(F)F)on2)o1. The topological polar surface area (TPSA) is 85.3 Å². The van der Waals surface area contributed by atoms with Gasteiger partial charge in [0.05, 0.1) is 5.69 Å². The molecular weight excluding hydrogens is 397 g/mol. The molecule has 0 saturated carbocycles. The van der Waals surface area contributed by atoms with Crippen LogP contribution < -0.4 is 4.72 Å². The molecule has 0 aliphatic carbocycles. The number of aromatic nitrogens is 1. The van der Waals surface area contributed by atoms with E-state index < -0.39 is 27.1 Å². The van der Waals surface area contributed by atoms with Gasteiger partial charge in [0.2, 0.25) is 10.9 Å². The van der Waals surface area contributed by atoms with E-state index in [2.05, 4.69) is 14.4 Å². The quantitative estimate of drug-likeness (QED) is 0.677. The highest BCUT2D eigenvalue weighted by molar-refractivity contribution is 7.92. The van der Waals surface area contributed by atoms with Gasteiger partial charge < -0.3 is 8.94 Å². The smallest absolute Gasteiger partial charge is 0.441 e. The lowest BCUT2D eigenvalue weighted by atomic mass is 10.2. The van der Waals surface area contributed by atoms with E-state index in [9.17, 15) is 21.6 Å². The van der Waals surface area contributed by atoms with Crippen molar-refractivity contribution in [3.05, 3.63) is 52.7 Å². The highest BCUT2D eigenvalue weighted by atomic mass is 35.5. The zero-order valence-electron chi connectivity index (χ0n) is 13.0. The van der Waals surface area contributed by atoms with Crippen molar-refractivity contribution in [3.63, 3.8) is 0 Å². The minimum Gasteiger partial charge on any atom is -0.441 e. The van der Waals surface area contributed by atoms with E-state index >= 15 is 0 Å². The molecule has 0 aliphatic rings. The first kappa shape index (κ1) is 18.3. The number of anilines is 1. The summed E-state index contributed by atoms with van der Waals surface area (Å²) >= 11 is 5.82.